The lowest BCUT2D eigenvalue weighted by molar-refractivity contribution is 0.0594. The fourth-order valence-corrected chi connectivity index (χ4v) is 1.95. The third-order valence-corrected chi connectivity index (χ3v) is 2.93. The zero-order valence-corrected chi connectivity index (χ0v) is 11.6. The van der Waals surface area contributed by atoms with Crippen LogP contribution in [0.3, 0.4) is 0 Å². The Hall–Kier alpha value is -2.44. The van der Waals surface area contributed by atoms with Crippen LogP contribution in [0.15, 0.2) is 30.9 Å². The van der Waals surface area contributed by atoms with Gasteiger partial charge in [-0.05, 0) is 19.1 Å². The molecule has 21 heavy (non-hydrogen) atoms. The molecule has 0 aliphatic heterocycles. The summed E-state index contributed by atoms with van der Waals surface area (Å²) in [6.45, 7) is 2.37. The fraction of sp³-hybridized carbons (Fsp3) is 0.286. The largest absolute Gasteiger partial charge is 0.465 e. The number of aromatic nitrogens is 2. The van der Waals surface area contributed by atoms with Crippen molar-refractivity contribution in [2.45, 2.75) is 19.5 Å². The van der Waals surface area contributed by atoms with Gasteiger partial charge in [-0.1, -0.05) is 0 Å². The van der Waals surface area contributed by atoms with Gasteiger partial charge in [0.2, 0.25) is 0 Å². The lowest BCUT2D eigenvalue weighted by atomic mass is 10.1. The highest BCUT2D eigenvalue weighted by atomic mass is 19.2. The molecule has 1 unspecified atom stereocenters. The molecule has 5 nitrogen and oxygen atoms in total. The highest BCUT2D eigenvalue weighted by Gasteiger charge is 2.19. The quantitative estimate of drug-likeness (QED) is 0.861. The van der Waals surface area contributed by atoms with Crippen LogP contribution in [0.25, 0.3) is 0 Å². The van der Waals surface area contributed by atoms with Gasteiger partial charge in [0, 0.05) is 25.0 Å². The summed E-state index contributed by atoms with van der Waals surface area (Å²) in [6.07, 6.45) is 5.04. The molecule has 1 aromatic carbocycles. The van der Waals surface area contributed by atoms with E-state index in [2.05, 4.69) is 15.0 Å². The second kappa shape index (κ2) is 6.34. The van der Waals surface area contributed by atoms with E-state index < -0.39 is 23.2 Å². The predicted molar refractivity (Wildman–Crippen MR) is 73.0 cm³/mol. The Bertz CT molecular complexity index is 629. The van der Waals surface area contributed by atoms with E-state index in [4.69, 9.17) is 0 Å². The van der Waals surface area contributed by atoms with Crippen LogP contribution < -0.4 is 5.32 Å². The Kier molecular flexibility index (Phi) is 4.52. The molecule has 0 radical (unpaired) electrons. The minimum atomic E-state index is -1.22. The van der Waals surface area contributed by atoms with Crippen LogP contribution in [0.5, 0.6) is 0 Å². The van der Waals surface area contributed by atoms with Crippen LogP contribution in [0, 0.1) is 11.6 Å². The maximum Gasteiger partial charge on any atom is 0.340 e. The van der Waals surface area contributed by atoms with Crippen LogP contribution in [0.4, 0.5) is 14.5 Å². The Balaban J connectivity index is 2.13. The van der Waals surface area contributed by atoms with Gasteiger partial charge in [-0.25, -0.2) is 18.6 Å². The molecule has 0 bridgehead atoms. The molecule has 0 fully saturated rings. The molecule has 0 saturated carbocycles. The first-order valence-electron chi connectivity index (χ1n) is 6.31. The molecule has 0 spiro atoms. The van der Waals surface area contributed by atoms with Gasteiger partial charge >= 0.3 is 5.97 Å². The third kappa shape index (κ3) is 3.36. The van der Waals surface area contributed by atoms with Gasteiger partial charge in [-0.15, -0.1) is 0 Å². The number of hydrogen-bond donors (Lipinski definition) is 1. The molecule has 0 saturated heterocycles. The van der Waals surface area contributed by atoms with E-state index in [9.17, 15) is 13.6 Å². The molecule has 0 aliphatic rings. The number of anilines is 1. The Morgan fingerprint density at radius 1 is 1.43 bits per heavy atom. The maximum atomic E-state index is 13.9. The van der Waals surface area contributed by atoms with Gasteiger partial charge in [-0.2, -0.15) is 0 Å². The summed E-state index contributed by atoms with van der Waals surface area (Å²) in [5.74, 6) is -3.23. The average Bonchev–Trinajstić information content (AvgIpc) is 2.96. The van der Waals surface area contributed by atoms with Gasteiger partial charge in [0.1, 0.15) is 0 Å². The van der Waals surface area contributed by atoms with Crippen molar-refractivity contribution < 1.29 is 18.3 Å². The van der Waals surface area contributed by atoms with Gasteiger partial charge < -0.3 is 14.6 Å². The summed E-state index contributed by atoms with van der Waals surface area (Å²) in [4.78, 5) is 15.2. The molecule has 112 valence electrons. The minimum Gasteiger partial charge on any atom is -0.465 e. The van der Waals surface area contributed by atoms with Crippen molar-refractivity contribution in [2.24, 2.45) is 0 Å². The lowest BCUT2D eigenvalue weighted by Gasteiger charge is -2.17. The van der Waals surface area contributed by atoms with E-state index in [-0.39, 0.29) is 11.7 Å². The summed E-state index contributed by atoms with van der Waals surface area (Å²) in [5, 5.41) is 2.86. The van der Waals surface area contributed by atoms with Crippen LogP contribution in [0.1, 0.15) is 17.3 Å². The fourth-order valence-electron chi connectivity index (χ4n) is 1.95. The van der Waals surface area contributed by atoms with Crippen molar-refractivity contribution in [3.8, 4) is 0 Å². The van der Waals surface area contributed by atoms with E-state index >= 15 is 0 Å². The molecular weight excluding hydrogens is 280 g/mol. The van der Waals surface area contributed by atoms with Gasteiger partial charge in [-0.3, -0.25) is 0 Å². The molecule has 7 heteroatoms. The zero-order valence-electron chi connectivity index (χ0n) is 11.6. The number of ether oxygens (including phenoxy) is 1. The summed E-state index contributed by atoms with van der Waals surface area (Å²) in [6, 6.07) is 2.35. The standard InChI is InChI=1S/C14H15F2N3O2/c1-9(7-19-6-5-17-8-19)18-11-4-3-10(14(20)21-2)12(15)13(11)16/h3-6,8-9,18H,7H2,1-2H3. The highest BCUT2D eigenvalue weighted by Crippen LogP contribution is 2.22. The molecule has 1 atom stereocenters. The Morgan fingerprint density at radius 2 is 2.19 bits per heavy atom. The number of benzene rings is 1. The van der Waals surface area contributed by atoms with Crippen molar-refractivity contribution >= 4 is 11.7 Å². The average molecular weight is 295 g/mol. The summed E-state index contributed by atoms with van der Waals surface area (Å²) >= 11 is 0. The number of methoxy groups -OCH3 is 1. The van der Waals surface area contributed by atoms with Crippen LogP contribution >= 0.6 is 0 Å². The molecular formula is C14H15F2N3O2. The van der Waals surface area contributed by atoms with Gasteiger partial charge in [0.15, 0.2) is 11.6 Å². The monoisotopic (exact) mass is 295 g/mol. The van der Waals surface area contributed by atoms with Crippen molar-refractivity contribution in [2.75, 3.05) is 12.4 Å². The molecule has 1 heterocycles. The normalized spacial score (nSPS) is 12.0. The number of nitrogens with one attached hydrogen (secondary N) is 1. The summed E-state index contributed by atoms with van der Waals surface area (Å²) < 4.78 is 33.9. The first-order chi connectivity index (χ1) is 10.0. The molecule has 1 N–H and O–H groups in total. The maximum absolute atomic E-state index is 13.9. The second-order valence-corrected chi connectivity index (χ2v) is 4.59. The van der Waals surface area contributed by atoms with Crippen molar-refractivity contribution in [1.29, 1.82) is 0 Å². The molecule has 2 aromatic rings. The van der Waals surface area contributed by atoms with Gasteiger partial charge in [0.05, 0.1) is 24.7 Å². The lowest BCUT2D eigenvalue weighted by Crippen LogP contribution is -2.22. The SMILES string of the molecule is COC(=O)c1ccc(NC(C)Cn2ccnc2)c(F)c1F. The second-order valence-electron chi connectivity index (χ2n) is 4.59. The first-order valence-corrected chi connectivity index (χ1v) is 6.31. The molecule has 0 amide bonds. The van der Waals surface area contributed by atoms with Crippen molar-refractivity contribution in [3.63, 3.8) is 0 Å². The summed E-state index contributed by atoms with van der Waals surface area (Å²) in [7, 11) is 1.11. The first kappa shape index (κ1) is 15.0. The van der Waals surface area contributed by atoms with Gasteiger partial charge in [0.25, 0.3) is 0 Å². The van der Waals surface area contributed by atoms with Crippen LogP contribution in [-0.4, -0.2) is 28.7 Å². The zero-order chi connectivity index (χ0) is 15.4. The predicted octanol–water partition coefficient (Wildman–Crippen LogP) is 2.45. The number of halogens is 2. The Labute approximate surface area is 120 Å². The molecule has 2 rings (SSSR count). The number of carbonyl (C=O) groups is 1. The van der Waals surface area contributed by atoms with E-state index in [0.717, 1.165) is 7.11 Å². The minimum absolute atomic E-state index is 0.00670. The third-order valence-electron chi connectivity index (χ3n) is 2.93. The highest BCUT2D eigenvalue weighted by molar-refractivity contribution is 5.90. The smallest absolute Gasteiger partial charge is 0.340 e. The molecule has 0 aliphatic carbocycles. The number of carbonyl (C=O) groups excluding carboxylic acids is 1. The number of hydrogen-bond acceptors (Lipinski definition) is 4. The number of rotatable bonds is 5. The molecule has 1 aromatic heterocycles. The van der Waals surface area contributed by atoms with Crippen molar-refractivity contribution in [1.82, 2.24) is 9.55 Å². The summed E-state index contributed by atoms with van der Waals surface area (Å²) in [5.41, 5.74) is -0.435. The van der Waals surface area contributed by atoms with E-state index in [1.54, 1.807) is 18.7 Å². The number of esters is 1. The topological polar surface area (TPSA) is 56.1 Å². The van der Waals surface area contributed by atoms with Crippen LogP contribution in [-0.2, 0) is 11.3 Å². The van der Waals surface area contributed by atoms with E-state index in [1.165, 1.54) is 12.1 Å². The Morgan fingerprint density at radius 3 is 2.81 bits per heavy atom. The van der Waals surface area contributed by atoms with Crippen molar-refractivity contribution in [3.05, 3.63) is 48.1 Å². The van der Waals surface area contributed by atoms with Crippen LogP contribution in [0.2, 0.25) is 0 Å². The van der Waals surface area contributed by atoms with E-state index in [0.29, 0.717) is 6.54 Å². The number of imidazole rings is 1. The van der Waals surface area contributed by atoms with E-state index in [1.807, 2.05) is 11.5 Å². The number of nitrogens with zero attached hydrogens (tertiary/aromatic N) is 2.